The molecular formula is C12H18O. The van der Waals surface area contributed by atoms with Gasteiger partial charge in [-0.25, -0.2) is 0 Å². The van der Waals surface area contributed by atoms with Gasteiger partial charge in [-0.3, -0.25) is 0 Å². The molecule has 0 saturated carbocycles. The molecule has 0 radical (unpaired) electrons. The Morgan fingerprint density at radius 3 is 1.54 bits per heavy atom. The lowest BCUT2D eigenvalue weighted by Gasteiger charge is -2.03. The molecule has 1 nitrogen and oxygen atoms in total. The van der Waals surface area contributed by atoms with Gasteiger partial charge in [0.05, 0.1) is 0 Å². The van der Waals surface area contributed by atoms with Crippen molar-refractivity contribution in [2.45, 2.75) is 27.7 Å². The molecule has 0 bridgehead atoms. The fraction of sp³-hybridized carbons (Fsp3) is 0.333. The van der Waals surface area contributed by atoms with E-state index in [1.807, 2.05) is 64.2 Å². The quantitative estimate of drug-likeness (QED) is 0.467. The van der Waals surface area contributed by atoms with Crippen molar-refractivity contribution in [2.24, 2.45) is 0 Å². The molecule has 0 fully saturated rings. The van der Waals surface area contributed by atoms with Crippen LogP contribution in [0.25, 0.3) is 0 Å². The Kier molecular flexibility index (Phi) is 6.70. The Bertz CT molecular complexity index is 216. The Labute approximate surface area is 81.1 Å². The SMILES string of the molecule is CC=CC=C(C)OC(C)=CC=CC. The Balaban J connectivity index is 4.12. The Morgan fingerprint density at radius 1 is 0.846 bits per heavy atom. The van der Waals surface area contributed by atoms with Crippen LogP contribution in [-0.2, 0) is 4.74 Å². The van der Waals surface area contributed by atoms with Crippen molar-refractivity contribution in [3.05, 3.63) is 48.0 Å². The van der Waals surface area contributed by atoms with Crippen molar-refractivity contribution in [1.82, 2.24) is 0 Å². The van der Waals surface area contributed by atoms with Crippen LogP contribution in [-0.4, -0.2) is 0 Å². The average Bonchev–Trinajstić information content (AvgIpc) is 2.11. The molecule has 0 unspecified atom stereocenters. The molecule has 0 spiro atoms. The third kappa shape index (κ3) is 7.13. The summed E-state index contributed by atoms with van der Waals surface area (Å²) < 4.78 is 5.47. The molecule has 13 heavy (non-hydrogen) atoms. The van der Waals surface area contributed by atoms with Crippen LogP contribution in [0.15, 0.2) is 48.0 Å². The zero-order chi connectivity index (χ0) is 10.1. The molecule has 0 aliphatic heterocycles. The fourth-order valence-electron chi connectivity index (χ4n) is 0.785. The maximum absolute atomic E-state index is 5.47. The minimum atomic E-state index is 0.899. The summed E-state index contributed by atoms with van der Waals surface area (Å²) in [5.41, 5.74) is 0. The smallest absolute Gasteiger partial charge is 0.100 e. The lowest BCUT2D eigenvalue weighted by Crippen LogP contribution is -1.84. The van der Waals surface area contributed by atoms with E-state index in [4.69, 9.17) is 4.74 Å². The molecule has 0 aromatic heterocycles. The van der Waals surface area contributed by atoms with E-state index in [1.165, 1.54) is 0 Å². The number of hydrogen-bond donors (Lipinski definition) is 0. The number of hydrogen-bond acceptors (Lipinski definition) is 1. The molecule has 1 heteroatoms. The second-order valence-electron chi connectivity index (χ2n) is 2.71. The summed E-state index contributed by atoms with van der Waals surface area (Å²) in [6, 6.07) is 0. The summed E-state index contributed by atoms with van der Waals surface area (Å²) in [6.45, 7) is 7.83. The van der Waals surface area contributed by atoms with Crippen molar-refractivity contribution < 1.29 is 4.74 Å². The summed E-state index contributed by atoms with van der Waals surface area (Å²) in [5, 5.41) is 0. The van der Waals surface area contributed by atoms with Crippen LogP contribution in [0.3, 0.4) is 0 Å². The first-order valence-corrected chi connectivity index (χ1v) is 4.47. The first-order chi connectivity index (χ1) is 6.20. The van der Waals surface area contributed by atoms with Gasteiger partial charge in [-0.1, -0.05) is 24.3 Å². The monoisotopic (exact) mass is 178 g/mol. The van der Waals surface area contributed by atoms with E-state index in [-0.39, 0.29) is 0 Å². The molecule has 0 rings (SSSR count). The van der Waals surface area contributed by atoms with Crippen LogP contribution in [0.1, 0.15) is 27.7 Å². The van der Waals surface area contributed by atoms with E-state index in [2.05, 4.69) is 0 Å². The molecule has 0 aliphatic rings. The second-order valence-corrected chi connectivity index (χ2v) is 2.71. The van der Waals surface area contributed by atoms with Gasteiger partial charge >= 0.3 is 0 Å². The van der Waals surface area contributed by atoms with Gasteiger partial charge in [0.2, 0.25) is 0 Å². The van der Waals surface area contributed by atoms with E-state index in [0.717, 1.165) is 11.5 Å². The average molecular weight is 178 g/mol. The molecule has 0 N–H and O–H groups in total. The number of allylic oxidation sites excluding steroid dienone is 8. The van der Waals surface area contributed by atoms with Gasteiger partial charge in [-0.2, -0.15) is 0 Å². The lowest BCUT2D eigenvalue weighted by molar-refractivity contribution is 0.309. The summed E-state index contributed by atoms with van der Waals surface area (Å²) in [6.07, 6.45) is 11.7. The van der Waals surface area contributed by atoms with Gasteiger partial charge in [-0.05, 0) is 39.8 Å². The normalized spacial score (nSPS) is 14.5. The van der Waals surface area contributed by atoms with Crippen LogP contribution in [0.5, 0.6) is 0 Å². The van der Waals surface area contributed by atoms with Crippen LogP contribution in [0.2, 0.25) is 0 Å². The number of ether oxygens (including phenoxy) is 1. The van der Waals surface area contributed by atoms with E-state index < -0.39 is 0 Å². The lowest BCUT2D eigenvalue weighted by atomic mass is 10.4. The third-order valence-corrected chi connectivity index (χ3v) is 1.37. The maximum Gasteiger partial charge on any atom is 0.100 e. The predicted molar refractivity (Wildman–Crippen MR) is 58.2 cm³/mol. The highest BCUT2D eigenvalue weighted by Gasteiger charge is 1.88. The molecule has 0 aromatic rings. The van der Waals surface area contributed by atoms with Crippen molar-refractivity contribution in [3.63, 3.8) is 0 Å². The minimum absolute atomic E-state index is 0.899. The molecular weight excluding hydrogens is 160 g/mol. The standard InChI is InChI=1S/C12H18O/c1-5-7-9-11(3)13-12(4)10-8-6-2/h5-10H,1-4H3. The summed E-state index contributed by atoms with van der Waals surface area (Å²) in [5.74, 6) is 1.80. The highest BCUT2D eigenvalue weighted by molar-refractivity contribution is 5.10. The number of rotatable bonds is 4. The summed E-state index contributed by atoms with van der Waals surface area (Å²) in [7, 11) is 0. The molecule has 0 heterocycles. The summed E-state index contributed by atoms with van der Waals surface area (Å²) in [4.78, 5) is 0. The molecule has 0 saturated heterocycles. The van der Waals surface area contributed by atoms with E-state index in [0.29, 0.717) is 0 Å². The molecule has 0 atom stereocenters. The van der Waals surface area contributed by atoms with Crippen LogP contribution >= 0.6 is 0 Å². The minimum Gasteiger partial charge on any atom is -0.467 e. The fourth-order valence-corrected chi connectivity index (χ4v) is 0.785. The largest absolute Gasteiger partial charge is 0.467 e. The van der Waals surface area contributed by atoms with Crippen LogP contribution in [0.4, 0.5) is 0 Å². The van der Waals surface area contributed by atoms with Crippen molar-refractivity contribution in [3.8, 4) is 0 Å². The molecule has 0 aliphatic carbocycles. The third-order valence-electron chi connectivity index (χ3n) is 1.37. The van der Waals surface area contributed by atoms with E-state index >= 15 is 0 Å². The topological polar surface area (TPSA) is 9.23 Å². The molecule has 72 valence electrons. The van der Waals surface area contributed by atoms with E-state index in [9.17, 15) is 0 Å². The molecule has 0 amide bonds. The van der Waals surface area contributed by atoms with Gasteiger partial charge in [0.15, 0.2) is 0 Å². The van der Waals surface area contributed by atoms with Gasteiger partial charge in [0.1, 0.15) is 11.5 Å². The first-order valence-electron chi connectivity index (χ1n) is 4.47. The second kappa shape index (κ2) is 7.41. The predicted octanol–water partition coefficient (Wildman–Crippen LogP) is 3.96. The van der Waals surface area contributed by atoms with E-state index in [1.54, 1.807) is 0 Å². The highest BCUT2D eigenvalue weighted by Crippen LogP contribution is 2.05. The summed E-state index contributed by atoms with van der Waals surface area (Å²) >= 11 is 0. The van der Waals surface area contributed by atoms with Crippen LogP contribution < -0.4 is 0 Å². The van der Waals surface area contributed by atoms with Crippen LogP contribution in [0, 0.1) is 0 Å². The zero-order valence-electron chi connectivity index (χ0n) is 8.87. The highest BCUT2D eigenvalue weighted by atomic mass is 16.5. The van der Waals surface area contributed by atoms with Crippen molar-refractivity contribution in [2.75, 3.05) is 0 Å². The van der Waals surface area contributed by atoms with Gasteiger partial charge in [0, 0.05) is 0 Å². The Hall–Kier alpha value is -1.24. The van der Waals surface area contributed by atoms with Gasteiger partial charge < -0.3 is 4.74 Å². The maximum atomic E-state index is 5.47. The molecule has 0 aromatic carbocycles. The van der Waals surface area contributed by atoms with Gasteiger partial charge in [0.25, 0.3) is 0 Å². The first kappa shape index (κ1) is 11.8. The van der Waals surface area contributed by atoms with Crippen molar-refractivity contribution >= 4 is 0 Å². The Morgan fingerprint density at radius 2 is 1.23 bits per heavy atom. The zero-order valence-corrected chi connectivity index (χ0v) is 8.87. The van der Waals surface area contributed by atoms with Crippen molar-refractivity contribution in [1.29, 1.82) is 0 Å². The van der Waals surface area contributed by atoms with Gasteiger partial charge in [-0.15, -0.1) is 0 Å².